The first-order valence-corrected chi connectivity index (χ1v) is 6.70. The molecule has 2 aromatic carbocycles. The summed E-state index contributed by atoms with van der Waals surface area (Å²) in [6, 6.07) is 7.42. The fourth-order valence-corrected chi connectivity index (χ4v) is 2.52. The van der Waals surface area contributed by atoms with Crippen LogP contribution in [0.15, 0.2) is 30.3 Å². The second-order valence-electron chi connectivity index (χ2n) is 4.87. The third kappa shape index (κ3) is 2.84. The van der Waals surface area contributed by atoms with Crippen LogP contribution < -0.4 is 5.32 Å². The molecule has 0 aliphatic heterocycles. The lowest BCUT2D eigenvalue weighted by atomic mass is 9.95. The number of rotatable bonds is 3. The van der Waals surface area contributed by atoms with Gasteiger partial charge in [-0.25, -0.2) is 8.78 Å². The molecule has 20 heavy (non-hydrogen) atoms. The van der Waals surface area contributed by atoms with Crippen LogP contribution in [0.3, 0.4) is 0 Å². The number of hydrogen-bond donors (Lipinski definition) is 1. The average Bonchev–Trinajstić information content (AvgIpc) is 2.40. The van der Waals surface area contributed by atoms with Crippen molar-refractivity contribution in [3.05, 3.63) is 69.2 Å². The highest BCUT2D eigenvalue weighted by Gasteiger charge is 2.20. The van der Waals surface area contributed by atoms with Crippen LogP contribution in [0.2, 0.25) is 5.02 Å². The summed E-state index contributed by atoms with van der Waals surface area (Å²) in [7, 11) is 1.72. The molecule has 4 heteroatoms. The minimum absolute atomic E-state index is 0.286. The van der Waals surface area contributed by atoms with Gasteiger partial charge in [0.15, 0.2) is 0 Å². The van der Waals surface area contributed by atoms with Crippen LogP contribution in [-0.4, -0.2) is 7.05 Å². The van der Waals surface area contributed by atoms with Crippen LogP contribution in [-0.2, 0) is 0 Å². The Morgan fingerprint density at radius 1 is 1.00 bits per heavy atom. The first-order valence-electron chi connectivity index (χ1n) is 6.33. The molecule has 0 amide bonds. The second-order valence-corrected chi connectivity index (χ2v) is 5.28. The molecular formula is C16H16ClF2N. The van der Waals surface area contributed by atoms with Crippen molar-refractivity contribution < 1.29 is 8.78 Å². The van der Waals surface area contributed by atoms with Crippen LogP contribution in [0, 0.1) is 25.5 Å². The molecule has 106 valence electrons. The molecule has 0 bridgehead atoms. The highest BCUT2D eigenvalue weighted by Crippen LogP contribution is 2.31. The molecule has 0 fully saturated rings. The third-order valence-electron chi connectivity index (χ3n) is 3.34. The smallest absolute Gasteiger partial charge is 0.128 e. The van der Waals surface area contributed by atoms with Crippen molar-refractivity contribution in [2.75, 3.05) is 7.05 Å². The van der Waals surface area contributed by atoms with Gasteiger partial charge in [-0.05, 0) is 50.2 Å². The molecule has 0 aliphatic carbocycles. The van der Waals surface area contributed by atoms with Crippen molar-refractivity contribution in [1.82, 2.24) is 5.32 Å². The van der Waals surface area contributed by atoms with Gasteiger partial charge in [0.25, 0.3) is 0 Å². The topological polar surface area (TPSA) is 12.0 Å². The van der Waals surface area contributed by atoms with Gasteiger partial charge in [-0.3, -0.25) is 0 Å². The van der Waals surface area contributed by atoms with E-state index >= 15 is 0 Å². The lowest BCUT2D eigenvalue weighted by Gasteiger charge is -2.20. The standard InChI is InChI=1S/C16H16ClF2N/c1-9-4-5-14(18)12(6-9)16(20-3)11-7-10(2)15(19)8-13(11)17/h4-8,16,20H,1-3H3. The van der Waals surface area contributed by atoms with E-state index in [0.717, 1.165) is 5.56 Å². The van der Waals surface area contributed by atoms with Crippen LogP contribution in [0.5, 0.6) is 0 Å². The number of nitrogens with one attached hydrogen (secondary N) is 1. The van der Waals surface area contributed by atoms with E-state index in [9.17, 15) is 8.78 Å². The monoisotopic (exact) mass is 295 g/mol. The van der Waals surface area contributed by atoms with E-state index < -0.39 is 6.04 Å². The molecular weight excluding hydrogens is 280 g/mol. The van der Waals surface area contributed by atoms with Crippen LogP contribution in [0.4, 0.5) is 8.78 Å². The van der Waals surface area contributed by atoms with Crippen molar-refractivity contribution in [3.63, 3.8) is 0 Å². The minimum Gasteiger partial charge on any atom is -0.309 e. The Morgan fingerprint density at radius 3 is 2.35 bits per heavy atom. The maximum absolute atomic E-state index is 14.0. The summed E-state index contributed by atoms with van der Waals surface area (Å²) >= 11 is 6.11. The number of benzene rings is 2. The van der Waals surface area contributed by atoms with Crippen molar-refractivity contribution in [3.8, 4) is 0 Å². The van der Waals surface area contributed by atoms with Crippen LogP contribution >= 0.6 is 11.6 Å². The molecule has 1 nitrogen and oxygen atoms in total. The summed E-state index contributed by atoms with van der Waals surface area (Å²) in [6.07, 6.45) is 0. The van der Waals surface area contributed by atoms with E-state index in [-0.39, 0.29) is 16.7 Å². The Balaban J connectivity index is 2.58. The zero-order valence-corrected chi connectivity index (χ0v) is 12.4. The van der Waals surface area contributed by atoms with E-state index in [4.69, 9.17) is 11.6 Å². The maximum Gasteiger partial charge on any atom is 0.128 e. The molecule has 0 heterocycles. The normalized spacial score (nSPS) is 12.5. The van der Waals surface area contributed by atoms with Gasteiger partial charge >= 0.3 is 0 Å². The van der Waals surface area contributed by atoms with Crippen LogP contribution in [0.25, 0.3) is 0 Å². The van der Waals surface area contributed by atoms with Crippen molar-refractivity contribution in [2.45, 2.75) is 19.9 Å². The quantitative estimate of drug-likeness (QED) is 0.876. The Morgan fingerprint density at radius 2 is 1.70 bits per heavy atom. The van der Waals surface area contributed by atoms with Gasteiger partial charge < -0.3 is 5.32 Å². The predicted molar refractivity (Wildman–Crippen MR) is 78.2 cm³/mol. The number of aryl methyl sites for hydroxylation is 2. The predicted octanol–water partition coefficient (Wildman–Crippen LogP) is 4.54. The number of halogens is 3. The van der Waals surface area contributed by atoms with Gasteiger partial charge in [0, 0.05) is 10.6 Å². The van der Waals surface area contributed by atoms with E-state index in [0.29, 0.717) is 16.7 Å². The lowest BCUT2D eigenvalue weighted by Crippen LogP contribution is -2.20. The van der Waals surface area contributed by atoms with Gasteiger partial charge in [0.1, 0.15) is 11.6 Å². The highest BCUT2D eigenvalue weighted by atomic mass is 35.5. The molecule has 1 atom stereocenters. The third-order valence-corrected chi connectivity index (χ3v) is 3.67. The van der Waals surface area contributed by atoms with Crippen molar-refractivity contribution in [2.24, 2.45) is 0 Å². The molecule has 1 unspecified atom stereocenters. The van der Waals surface area contributed by atoms with Gasteiger partial charge in [0.05, 0.1) is 6.04 Å². The van der Waals surface area contributed by atoms with Gasteiger partial charge in [-0.2, -0.15) is 0 Å². The van der Waals surface area contributed by atoms with E-state index in [2.05, 4.69) is 5.32 Å². The van der Waals surface area contributed by atoms with Crippen molar-refractivity contribution >= 4 is 11.6 Å². The van der Waals surface area contributed by atoms with E-state index in [1.165, 1.54) is 12.1 Å². The molecule has 0 saturated heterocycles. The molecule has 0 aromatic heterocycles. The summed E-state index contributed by atoms with van der Waals surface area (Å²) in [5.74, 6) is -0.675. The van der Waals surface area contributed by atoms with E-state index in [1.54, 1.807) is 32.2 Å². The fourth-order valence-electron chi connectivity index (χ4n) is 2.26. The molecule has 0 saturated carbocycles. The van der Waals surface area contributed by atoms with Gasteiger partial charge in [-0.15, -0.1) is 0 Å². The highest BCUT2D eigenvalue weighted by molar-refractivity contribution is 6.31. The molecule has 2 aromatic rings. The summed E-state index contributed by atoms with van der Waals surface area (Å²) in [5.41, 5.74) is 2.60. The lowest BCUT2D eigenvalue weighted by molar-refractivity contribution is 0.573. The fraction of sp³-hybridized carbons (Fsp3) is 0.250. The van der Waals surface area contributed by atoms with E-state index in [1.807, 2.05) is 6.92 Å². The van der Waals surface area contributed by atoms with Crippen LogP contribution in [0.1, 0.15) is 28.3 Å². The summed E-state index contributed by atoms with van der Waals surface area (Å²) < 4.78 is 27.5. The Kier molecular flexibility index (Phi) is 4.41. The summed E-state index contributed by atoms with van der Waals surface area (Å²) in [6.45, 7) is 3.56. The van der Waals surface area contributed by atoms with Gasteiger partial charge in [0.2, 0.25) is 0 Å². The molecule has 2 rings (SSSR count). The summed E-state index contributed by atoms with van der Waals surface area (Å²) in [5, 5.41) is 3.33. The zero-order chi connectivity index (χ0) is 14.9. The number of hydrogen-bond acceptors (Lipinski definition) is 1. The summed E-state index contributed by atoms with van der Waals surface area (Å²) in [4.78, 5) is 0. The maximum atomic E-state index is 14.0. The first kappa shape index (κ1) is 14.9. The molecule has 0 spiro atoms. The average molecular weight is 296 g/mol. The minimum atomic E-state index is -0.415. The molecule has 0 aliphatic rings. The zero-order valence-electron chi connectivity index (χ0n) is 11.6. The largest absolute Gasteiger partial charge is 0.309 e. The van der Waals surface area contributed by atoms with Gasteiger partial charge in [-0.1, -0.05) is 29.3 Å². The van der Waals surface area contributed by atoms with Crippen molar-refractivity contribution in [1.29, 1.82) is 0 Å². The second kappa shape index (κ2) is 5.90. The molecule has 0 radical (unpaired) electrons. The Bertz CT molecular complexity index is 641. The molecule has 1 N–H and O–H groups in total. The Hall–Kier alpha value is -1.45. The SMILES string of the molecule is CNC(c1cc(C)ccc1F)c1cc(C)c(F)cc1Cl. The first-order chi connectivity index (χ1) is 9.43. The Labute approximate surface area is 122 Å².